The molecule has 1 aliphatic rings. The van der Waals surface area contributed by atoms with Crippen molar-refractivity contribution in [2.24, 2.45) is 5.73 Å². The number of ether oxygens (including phenoxy) is 1. The molecule has 2 atom stereocenters. The number of aryl methyl sites for hydroxylation is 1. The molecule has 2 rings (SSSR count). The Morgan fingerprint density at radius 2 is 2.15 bits per heavy atom. The second-order valence-electron chi connectivity index (χ2n) is 6.29. The lowest BCUT2D eigenvalue weighted by molar-refractivity contribution is 0.127. The molecule has 1 aromatic rings. The number of hydrogen-bond donors (Lipinski definition) is 1. The molecule has 0 amide bonds. The molecular weight excluding hydrogens is 248 g/mol. The maximum Gasteiger partial charge on any atom is 0.122 e. The Bertz CT molecular complexity index is 458. The molecule has 0 radical (unpaired) electrons. The molecule has 0 bridgehead atoms. The van der Waals surface area contributed by atoms with Gasteiger partial charge in [0.2, 0.25) is 0 Å². The molecule has 1 heterocycles. The molecule has 3 heteroatoms. The predicted octanol–water partition coefficient (Wildman–Crippen LogP) is 2.61. The highest BCUT2D eigenvalue weighted by atomic mass is 16.5. The van der Waals surface area contributed by atoms with Gasteiger partial charge in [-0.2, -0.15) is 0 Å². The monoisotopic (exact) mass is 276 g/mol. The van der Waals surface area contributed by atoms with Crippen LogP contribution in [0.4, 0.5) is 0 Å². The first kappa shape index (κ1) is 15.3. The average molecular weight is 276 g/mol. The van der Waals surface area contributed by atoms with E-state index in [4.69, 9.17) is 10.5 Å². The first-order chi connectivity index (χ1) is 9.47. The van der Waals surface area contributed by atoms with Crippen molar-refractivity contribution in [1.29, 1.82) is 0 Å². The van der Waals surface area contributed by atoms with E-state index in [9.17, 15) is 0 Å². The summed E-state index contributed by atoms with van der Waals surface area (Å²) in [5, 5.41) is 0. The highest BCUT2D eigenvalue weighted by Crippen LogP contribution is 2.27. The summed E-state index contributed by atoms with van der Waals surface area (Å²) in [6, 6.07) is 6.75. The van der Waals surface area contributed by atoms with Crippen LogP contribution < -0.4 is 10.5 Å². The van der Waals surface area contributed by atoms with Crippen molar-refractivity contribution < 1.29 is 4.74 Å². The molecule has 3 nitrogen and oxygen atoms in total. The lowest BCUT2D eigenvalue weighted by Gasteiger charge is -2.41. The summed E-state index contributed by atoms with van der Waals surface area (Å²) in [7, 11) is 4.24. The van der Waals surface area contributed by atoms with Crippen molar-refractivity contribution in [2.75, 3.05) is 20.7 Å². The van der Waals surface area contributed by atoms with Crippen LogP contribution in [0.1, 0.15) is 37.8 Å². The van der Waals surface area contributed by atoms with Crippen LogP contribution in [0, 0.1) is 0 Å². The Balaban J connectivity index is 1.98. The summed E-state index contributed by atoms with van der Waals surface area (Å²) in [5.41, 5.74) is 9.25. The molecular formula is C17H28N2O. The summed E-state index contributed by atoms with van der Waals surface area (Å²) in [5.74, 6) is 1.06. The van der Waals surface area contributed by atoms with E-state index < -0.39 is 0 Å². The van der Waals surface area contributed by atoms with Gasteiger partial charge < -0.3 is 15.4 Å². The van der Waals surface area contributed by atoms with Crippen LogP contribution >= 0.6 is 0 Å². The third kappa shape index (κ3) is 2.99. The van der Waals surface area contributed by atoms with Gasteiger partial charge in [-0.15, -0.1) is 0 Å². The van der Waals surface area contributed by atoms with Crippen LogP contribution in [0.5, 0.6) is 5.75 Å². The topological polar surface area (TPSA) is 38.5 Å². The number of fused-ring (bicyclic) bond motifs is 1. The zero-order valence-corrected chi connectivity index (χ0v) is 13.3. The molecule has 1 aliphatic heterocycles. The fourth-order valence-corrected chi connectivity index (χ4v) is 2.94. The summed E-state index contributed by atoms with van der Waals surface area (Å²) in [6.45, 7) is 5.30. The molecule has 2 N–H and O–H groups in total. The molecule has 0 aliphatic carbocycles. The largest absolute Gasteiger partial charge is 0.493 e. The van der Waals surface area contributed by atoms with Crippen molar-refractivity contribution in [3.63, 3.8) is 0 Å². The minimum Gasteiger partial charge on any atom is -0.493 e. The molecule has 0 saturated carbocycles. The van der Waals surface area contributed by atoms with Crippen molar-refractivity contribution in [3.8, 4) is 5.75 Å². The molecule has 112 valence electrons. The second kappa shape index (κ2) is 6.15. The lowest BCUT2D eigenvalue weighted by Crippen LogP contribution is -2.55. The summed E-state index contributed by atoms with van der Waals surface area (Å²) >= 11 is 0. The molecule has 0 spiro atoms. The van der Waals surface area contributed by atoms with Crippen LogP contribution in [0.25, 0.3) is 0 Å². The van der Waals surface area contributed by atoms with Gasteiger partial charge in [0.25, 0.3) is 0 Å². The van der Waals surface area contributed by atoms with E-state index in [1.807, 2.05) is 0 Å². The number of nitrogens with two attached hydrogens (primary N) is 1. The van der Waals surface area contributed by atoms with Crippen molar-refractivity contribution in [1.82, 2.24) is 4.90 Å². The standard InChI is InChI=1S/C17H28N2O/c1-5-17(2,19(3)4)16(18)9-7-13-6-8-15-14(12-13)10-11-20-15/h6,8,12,16H,5,7,9-11,18H2,1-4H3. The van der Waals surface area contributed by atoms with Crippen LogP contribution in [0.2, 0.25) is 0 Å². The molecule has 0 saturated heterocycles. The minimum atomic E-state index is 0.0693. The van der Waals surface area contributed by atoms with Gasteiger partial charge in [0.15, 0.2) is 0 Å². The van der Waals surface area contributed by atoms with E-state index >= 15 is 0 Å². The smallest absolute Gasteiger partial charge is 0.122 e. The number of benzene rings is 1. The van der Waals surface area contributed by atoms with Gasteiger partial charge in [0.1, 0.15) is 5.75 Å². The van der Waals surface area contributed by atoms with Crippen molar-refractivity contribution in [3.05, 3.63) is 29.3 Å². The Morgan fingerprint density at radius 1 is 1.40 bits per heavy atom. The second-order valence-corrected chi connectivity index (χ2v) is 6.29. The van der Waals surface area contributed by atoms with Gasteiger partial charge in [-0.25, -0.2) is 0 Å². The third-order valence-electron chi connectivity index (χ3n) is 5.03. The number of hydrogen-bond acceptors (Lipinski definition) is 3. The van der Waals surface area contributed by atoms with E-state index in [-0.39, 0.29) is 11.6 Å². The van der Waals surface area contributed by atoms with Crippen molar-refractivity contribution in [2.45, 2.75) is 51.1 Å². The van der Waals surface area contributed by atoms with Crippen molar-refractivity contribution >= 4 is 0 Å². The van der Waals surface area contributed by atoms with Gasteiger partial charge in [0.05, 0.1) is 6.61 Å². The van der Waals surface area contributed by atoms with Gasteiger partial charge in [-0.05, 0) is 57.5 Å². The molecule has 0 fully saturated rings. The highest BCUT2D eigenvalue weighted by Gasteiger charge is 2.31. The third-order valence-corrected chi connectivity index (χ3v) is 5.03. The van der Waals surface area contributed by atoms with Crippen LogP contribution in [-0.4, -0.2) is 37.2 Å². The normalized spacial score (nSPS) is 18.5. The predicted molar refractivity (Wildman–Crippen MR) is 84.3 cm³/mol. The van der Waals surface area contributed by atoms with Gasteiger partial charge >= 0.3 is 0 Å². The summed E-state index contributed by atoms with van der Waals surface area (Å²) < 4.78 is 5.55. The maximum atomic E-state index is 6.46. The number of nitrogens with zero attached hydrogens (tertiary/aromatic N) is 1. The quantitative estimate of drug-likeness (QED) is 0.868. The minimum absolute atomic E-state index is 0.0693. The van der Waals surface area contributed by atoms with E-state index in [1.54, 1.807) is 0 Å². The average Bonchev–Trinajstić information content (AvgIpc) is 2.90. The molecule has 1 aromatic carbocycles. The molecule has 20 heavy (non-hydrogen) atoms. The summed E-state index contributed by atoms with van der Waals surface area (Å²) in [6.07, 6.45) is 4.17. The summed E-state index contributed by atoms with van der Waals surface area (Å²) in [4.78, 5) is 2.26. The Morgan fingerprint density at radius 3 is 2.80 bits per heavy atom. The van der Waals surface area contributed by atoms with Gasteiger partial charge in [-0.1, -0.05) is 19.1 Å². The Kier molecular flexibility index (Phi) is 4.71. The molecule has 0 aromatic heterocycles. The first-order valence-corrected chi connectivity index (χ1v) is 7.65. The van der Waals surface area contributed by atoms with Crippen LogP contribution in [0.3, 0.4) is 0 Å². The number of rotatable bonds is 6. The number of likely N-dealkylation sites (N-methyl/N-ethyl adjacent to an activating group) is 1. The zero-order valence-electron chi connectivity index (χ0n) is 13.3. The van der Waals surface area contributed by atoms with Gasteiger partial charge in [-0.3, -0.25) is 0 Å². The van der Waals surface area contributed by atoms with E-state index in [0.29, 0.717) is 0 Å². The zero-order chi connectivity index (χ0) is 14.8. The Labute approximate surface area is 123 Å². The molecule has 2 unspecified atom stereocenters. The van der Waals surface area contributed by atoms with Crippen LogP contribution in [0.15, 0.2) is 18.2 Å². The van der Waals surface area contributed by atoms with Crippen LogP contribution in [-0.2, 0) is 12.8 Å². The fourth-order valence-electron chi connectivity index (χ4n) is 2.94. The highest BCUT2D eigenvalue weighted by molar-refractivity contribution is 5.39. The Hall–Kier alpha value is -1.06. The van der Waals surface area contributed by atoms with E-state index in [1.165, 1.54) is 11.1 Å². The van der Waals surface area contributed by atoms with E-state index in [2.05, 4.69) is 51.0 Å². The van der Waals surface area contributed by atoms with Gasteiger partial charge in [0, 0.05) is 18.0 Å². The first-order valence-electron chi connectivity index (χ1n) is 7.65. The lowest BCUT2D eigenvalue weighted by atomic mass is 9.85. The SMILES string of the molecule is CCC(C)(C(N)CCc1ccc2c(c1)CCO2)N(C)C. The maximum absolute atomic E-state index is 6.46. The fraction of sp³-hybridized carbons (Fsp3) is 0.647. The van der Waals surface area contributed by atoms with E-state index in [0.717, 1.165) is 38.0 Å².